The largest absolute Gasteiger partial charge is 0.472 e. The number of allylic oxidation sites excluding steroid dienone is 4. The molecule has 0 bridgehead atoms. The van der Waals surface area contributed by atoms with Gasteiger partial charge in [0.1, 0.15) is 36.6 Å². The molecule has 14 heteroatoms. The summed E-state index contributed by atoms with van der Waals surface area (Å²) in [6, 6.07) is -1.15. The van der Waals surface area contributed by atoms with E-state index in [-0.39, 0.29) is 12.8 Å². The van der Waals surface area contributed by atoms with Gasteiger partial charge >= 0.3 is 7.82 Å². The second-order valence-corrected chi connectivity index (χ2v) is 18.9. The first-order chi connectivity index (χ1) is 29.3. The van der Waals surface area contributed by atoms with Crippen LogP contribution in [-0.4, -0.2) is 108 Å². The molecule has 1 aliphatic rings. The minimum absolute atomic E-state index is 0.221. The predicted molar refractivity (Wildman–Crippen MR) is 243 cm³/mol. The van der Waals surface area contributed by atoms with Gasteiger partial charge in [-0.3, -0.25) is 13.8 Å². The fraction of sp³-hybridized carbons (Fsp3) is 0.894. The van der Waals surface area contributed by atoms with Crippen molar-refractivity contribution in [1.82, 2.24) is 5.32 Å². The molecule has 8 atom stereocenters. The maximum atomic E-state index is 13.0. The summed E-state index contributed by atoms with van der Waals surface area (Å²) in [5, 5.41) is 74.6. The van der Waals surface area contributed by atoms with Crippen LogP contribution in [0, 0.1) is 0 Å². The summed E-state index contributed by atoms with van der Waals surface area (Å²) in [7, 11) is -5.11. The second kappa shape index (κ2) is 37.0. The summed E-state index contributed by atoms with van der Waals surface area (Å²) in [5.74, 6) is -0.561. The van der Waals surface area contributed by atoms with Crippen LogP contribution in [0.25, 0.3) is 0 Å². The van der Waals surface area contributed by atoms with E-state index in [9.17, 15) is 50.0 Å². The maximum absolute atomic E-state index is 13.0. The SMILES string of the molecule is CC/C=C\C/C=C\CCCCCCCCCCCCCCC(O)CC(=O)NC(COP(=O)(O)OC1C(O)C(O)C(O)C(O)C1O)C(O)CCCCCCCCCCCCCC. The third-order valence-corrected chi connectivity index (χ3v) is 12.8. The summed E-state index contributed by atoms with van der Waals surface area (Å²) < 4.78 is 22.9. The number of rotatable bonds is 40. The van der Waals surface area contributed by atoms with Gasteiger partial charge in [-0.25, -0.2) is 4.57 Å². The van der Waals surface area contributed by atoms with E-state index in [4.69, 9.17) is 9.05 Å². The zero-order valence-corrected chi connectivity index (χ0v) is 39.0. The van der Waals surface area contributed by atoms with E-state index in [2.05, 4.69) is 43.5 Å². The lowest BCUT2D eigenvalue weighted by molar-refractivity contribution is -0.220. The number of hydrogen-bond acceptors (Lipinski definition) is 11. The van der Waals surface area contributed by atoms with Gasteiger partial charge in [0.05, 0.1) is 31.3 Å². The van der Waals surface area contributed by atoms with E-state index in [0.717, 1.165) is 64.2 Å². The third-order valence-electron chi connectivity index (χ3n) is 11.8. The van der Waals surface area contributed by atoms with Crippen molar-refractivity contribution in [3.63, 3.8) is 0 Å². The summed E-state index contributed by atoms with van der Waals surface area (Å²) in [5.41, 5.74) is 0. The number of aliphatic hydroxyl groups excluding tert-OH is 7. The zero-order chi connectivity index (χ0) is 45.1. The fourth-order valence-corrected chi connectivity index (χ4v) is 8.84. The molecule has 0 aromatic carbocycles. The highest BCUT2D eigenvalue weighted by atomic mass is 31.2. The molecule has 0 saturated heterocycles. The Morgan fingerprint density at radius 1 is 0.590 bits per heavy atom. The molecule has 360 valence electrons. The number of phosphoric ester groups is 1. The van der Waals surface area contributed by atoms with Gasteiger partial charge in [-0.05, 0) is 38.5 Å². The van der Waals surface area contributed by atoms with Crippen molar-refractivity contribution in [1.29, 1.82) is 0 Å². The van der Waals surface area contributed by atoms with Crippen molar-refractivity contribution in [3.8, 4) is 0 Å². The van der Waals surface area contributed by atoms with Crippen LogP contribution in [0.2, 0.25) is 0 Å². The van der Waals surface area contributed by atoms with Gasteiger partial charge in [0.2, 0.25) is 5.91 Å². The number of nitrogens with one attached hydrogen (secondary N) is 1. The minimum Gasteiger partial charge on any atom is -0.393 e. The van der Waals surface area contributed by atoms with Crippen LogP contribution in [0.4, 0.5) is 0 Å². The number of carbonyl (C=O) groups is 1. The lowest BCUT2D eigenvalue weighted by atomic mass is 9.85. The van der Waals surface area contributed by atoms with Crippen molar-refractivity contribution in [3.05, 3.63) is 24.3 Å². The Bertz CT molecular complexity index is 1140. The summed E-state index contributed by atoms with van der Waals surface area (Å²) in [6.45, 7) is 3.68. The highest BCUT2D eigenvalue weighted by Crippen LogP contribution is 2.47. The van der Waals surface area contributed by atoms with Crippen molar-refractivity contribution in [2.45, 2.75) is 261 Å². The molecule has 13 nitrogen and oxygen atoms in total. The van der Waals surface area contributed by atoms with Gasteiger partial charge in [0, 0.05) is 0 Å². The molecule has 1 amide bonds. The van der Waals surface area contributed by atoms with Gasteiger partial charge < -0.3 is 46.0 Å². The maximum Gasteiger partial charge on any atom is 0.472 e. The molecule has 0 aromatic rings. The molecule has 0 spiro atoms. The molecule has 0 aromatic heterocycles. The molecule has 0 radical (unpaired) electrons. The van der Waals surface area contributed by atoms with Crippen LogP contribution in [0.1, 0.15) is 206 Å². The molecular formula is C47H90NO12P. The van der Waals surface area contributed by atoms with Gasteiger partial charge in [0.25, 0.3) is 0 Å². The number of aliphatic hydroxyl groups is 7. The second-order valence-electron chi connectivity index (χ2n) is 17.5. The minimum atomic E-state index is -5.11. The molecule has 0 heterocycles. The Morgan fingerprint density at radius 2 is 1.02 bits per heavy atom. The van der Waals surface area contributed by atoms with E-state index in [0.29, 0.717) is 12.8 Å². The van der Waals surface area contributed by atoms with Crippen molar-refractivity contribution in [2.75, 3.05) is 6.61 Å². The highest BCUT2D eigenvalue weighted by molar-refractivity contribution is 7.47. The fourth-order valence-electron chi connectivity index (χ4n) is 7.87. The monoisotopic (exact) mass is 892 g/mol. The highest BCUT2D eigenvalue weighted by Gasteiger charge is 2.51. The quantitative estimate of drug-likeness (QED) is 0.0161. The Kier molecular flexibility index (Phi) is 35.1. The van der Waals surface area contributed by atoms with Crippen molar-refractivity contribution >= 4 is 13.7 Å². The average molecular weight is 892 g/mol. The van der Waals surface area contributed by atoms with Crippen LogP contribution in [0.3, 0.4) is 0 Å². The summed E-state index contributed by atoms with van der Waals surface area (Å²) in [4.78, 5) is 23.5. The molecular weight excluding hydrogens is 801 g/mol. The number of unbranched alkanes of at least 4 members (excludes halogenated alkanes) is 23. The first-order valence-corrected chi connectivity index (χ1v) is 25.9. The van der Waals surface area contributed by atoms with Crippen LogP contribution in [-0.2, 0) is 18.4 Å². The normalized spacial score (nSPS) is 23.4. The smallest absolute Gasteiger partial charge is 0.393 e. The number of amides is 1. The van der Waals surface area contributed by atoms with Crippen molar-refractivity contribution in [2.24, 2.45) is 0 Å². The van der Waals surface area contributed by atoms with E-state index in [1.807, 2.05) is 0 Å². The van der Waals surface area contributed by atoms with Gasteiger partial charge in [0.15, 0.2) is 0 Å². The molecule has 1 rings (SSSR count). The Morgan fingerprint density at radius 3 is 1.51 bits per heavy atom. The summed E-state index contributed by atoms with van der Waals surface area (Å²) in [6.07, 6.45) is 26.6. The first kappa shape index (κ1) is 57.8. The van der Waals surface area contributed by atoms with Gasteiger partial charge in [-0.1, -0.05) is 186 Å². The topological polar surface area (TPSA) is 226 Å². The van der Waals surface area contributed by atoms with E-state index in [1.165, 1.54) is 103 Å². The summed E-state index contributed by atoms with van der Waals surface area (Å²) >= 11 is 0. The van der Waals surface area contributed by atoms with Crippen LogP contribution < -0.4 is 5.32 Å². The molecule has 9 N–H and O–H groups in total. The van der Waals surface area contributed by atoms with Crippen molar-refractivity contribution < 1.29 is 59.0 Å². The molecule has 61 heavy (non-hydrogen) atoms. The molecule has 8 unspecified atom stereocenters. The van der Waals surface area contributed by atoms with Crippen LogP contribution in [0.15, 0.2) is 24.3 Å². The number of phosphoric acid groups is 1. The predicted octanol–water partition coefficient (Wildman–Crippen LogP) is 8.37. The zero-order valence-electron chi connectivity index (χ0n) is 38.1. The number of hydrogen-bond donors (Lipinski definition) is 9. The van der Waals surface area contributed by atoms with E-state index < -0.39 is 75.2 Å². The molecule has 1 aliphatic carbocycles. The molecule has 1 fully saturated rings. The first-order valence-electron chi connectivity index (χ1n) is 24.4. The average Bonchev–Trinajstić information content (AvgIpc) is 3.23. The van der Waals surface area contributed by atoms with E-state index >= 15 is 0 Å². The van der Waals surface area contributed by atoms with Crippen LogP contribution >= 0.6 is 7.82 Å². The third kappa shape index (κ3) is 29.0. The molecule has 0 aliphatic heterocycles. The number of carbonyl (C=O) groups excluding carboxylic acids is 1. The lowest BCUT2D eigenvalue weighted by Gasteiger charge is -2.41. The molecule has 1 saturated carbocycles. The standard InChI is InChI=1S/C47H90NO12P/c1-3-5-7-9-11-13-15-17-18-19-20-21-22-23-24-26-28-30-32-34-38(49)36-41(51)48-39(40(50)35-33-31-29-27-25-16-14-12-10-8-6-4-2)37-59-61(57,58)60-47-45(55)43(53)42(52)44(54)46(47)56/h5,7,11,13,38-40,42-47,49-50,52-56H,3-4,6,8-10,12,14-37H2,1-2H3,(H,48,51)(H,57,58)/b7-5-,13-11-. The Balaban J connectivity index is 2.45. The lowest BCUT2D eigenvalue weighted by Crippen LogP contribution is -2.64. The van der Waals surface area contributed by atoms with Crippen LogP contribution in [0.5, 0.6) is 0 Å². The Hall–Kier alpha value is -1.22. The van der Waals surface area contributed by atoms with Gasteiger partial charge in [-0.15, -0.1) is 0 Å². The Labute approximate surface area is 369 Å². The van der Waals surface area contributed by atoms with E-state index in [1.54, 1.807) is 0 Å². The van der Waals surface area contributed by atoms with Gasteiger partial charge in [-0.2, -0.15) is 0 Å².